The maximum absolute atomic E-state index is 13.4. The molecular formula is C20H16Cl3FN2O2S2. The Morgan fingerprint density at radius 3 is 2.40 bits per heavy atom. The van der Waals surface area contributed by atoms with Crippen LogP contribution in [0.15, 0.2) is 46.7 Å². The molecule has 1 fully saturated rings. The van der Waals surface area contributed by atoms with Gasteiger partial charge in [-0.1, -0.05) is 40.9 Å². The zero-order valence-electron chi connectivity index (χ0n) is 15.5. The quantitative estimate of drug-likeness (QED) is 0.388. The van der Waals surface area contributed by atoms with Crippen LogP contribution in [0.1, 0.15) is 12.8 Å². The van der Waals surface area contributed by atoms with Gasteiger partial charge in [0.15, 0.2) is 15.0 Å². The number of benzene rings is 2. The Balaban J connectivity index is 1.46. The molecule has 1 aliphatic rings. The average Bonchev–Trinajstić information content (AvgIpc) is 3.22. The summed E-state index contributed by atoms with van der Waals surface area (Å²) in [6.07, 6.45) is 0.915. The summed E-state index contributed by atoms with van der Waals surface area (Å²) in [5.74, 6) is -0.632. The molecule has 0 unspecified atom stereocenters. The molecule has 0 atom stereocenters. The molecular weight excluding hydrogens is 490 g/mol. The van der Waals surface area contributed by atoms with Crippen molar-refractivity contribution in [1.29, 1.82) is 0 Å². The van der Waals surface area contributed by atoms with Gasteiger partial charge in [-0.25, -0.2) is 17.8 Å². The van der Waals surface area contributed by atoms with Gasteiger partial charge in [-0.05, 0) is 43.2 Å². The number of hydrogen-bond donors (Lipinski definition) is 0. The molecule has 0 saturated carbocycles. The van der Waals surface area contributed by atoms with E-state index in [4.69, 9.17) is 34.8 Å². The zero-order chi connectivity index (χ0) is 21.5. The lowest BCUT2D eigenvalue weighted by Gasteiger charge is -2.31. The van der Waals surface area contributed by atoms with Crippen LogP contribution in [-0.4, -0.2) is 31.7 Å². The standard InChI is InChI=1S/C20H16Cl3FN2O2S2/c21-15-3-1-12(9-16(15)22)19-11-29-20(25-19)26-7-5-13(6-8-26)30(27,28)14-2-4-18(24)17(23)10-14/h1-4,9-11,13H,5-8H2. The molecule has 1 aliphatic heterocycles. The number of anilines is 1. The second-order valence-corrected chi connectivity index (χ2v) is 11.2. The van der Waals surface area contributed by atoms with Crippen LogP contribution in [0, 0.1) is 5.82 Å². The third-order valence-corrected chi connectivity index (χ3v) is 9.27. The second kappa shape index (κ2) is 8.63. The minimum absolute atomic E-state index is 0.0588. The maximum Gasteiger partial charge on any atom is 0.185 e. The first kappa shape index (κ1) is 21.8. The first-order valence-corrected chi connectivity index (χ1v) is 12.7. The first-order chi connectivity index (χ1) is 14.3. The highest BCUT2D eigenvalue weighted by Gasteiger charge is 2.32. The fourth-order valence-electron chi connectivity index (χ4n) is 3.40. The normalized spacial score (nSPS) is 15.5. The minimum Gasteiger partial charge on any atom is -0.348 e. The van der Waals surface area contributed by atoms with E-state index in [9.17, 15) is 12.8 Å². The Morgan fingerprint density at radius 2 is 1.73 bits per heavy atom. The van der Waals surface area contributed by atoms with E-state index < -0.39 is 20.9 Å². The smallest absolute Gasteiger partial charge is 0.185 e. The lowest BCUT2D eigenvalue weighted by Crippen LogP contribution is -2.39. The van der Waals surface area contributed by atoms with Crippen LogP contribution in [0.25, 0.3) is 11.3 Å². The van der Waals surface area contributed by atoms with Crippen molar-refractivity contribution in [3.8, 4) is 11.3 Å². The Hall–Kier alpha value is -1.38. The summed E-state index contributed by atoms with van der Waals surface area (Å²) >= 11 is 19.3. The molecule has 1 saturated heterocycles. The number of hydrogen-bond acceptors (Lipinski definition) is 5. The van der Waals surface area contributed by atoms with Crippen LogP contribution in [0.4, 0.5) is 9.52 Å². The molecule has 2 aromatic carbocycles. The Labute approximate surface area is 193 Å². The van der Waals surface area contributed by atoms with E-state index in [0.717, 1.165) is 22.5 Å². The van der Waals surface area contributed by atoms with E-state index in [1.165, 1.54) is 23.5 Å². The van der Waals surface area contributed by atoms with Gasteiger partial charge >= 0.3 is 0 Å². The highest BCUT2D eigenvalue weighted by molar-refractivity contribution is 7.92. The van der Waals surface area contributed by atoms with Crippen LogP contribution in [0.3, 0.4) is 0 Å². The summed E-state index contributed by atoms with van der Waals surface area (Å²) in [7, 11) is -3.58. The third-order valence-electron chi connectivity index (χ3n) is 5.08. The molecule has 30 heavy (non-hydrogen) atoms. The number of halogens is 4. The zero-order valence-corrected chi connectivity index (χ0v) is 19.4. The summed E-state index contributed by atoms with van der Waals surface area (Å²) in [5.41, 5.74) is 1.67. The summed E-state index contributed by atoms with van der Waals surface area (Å²) in [6.45, 7) is 1.13. The minimum atomic E-state index is -3.58. The molecule has 10 heteroatoms. The van der Waals surface area contributed by atoms with Crippen molar-refractivity contribution in [3.05, 3.63) is 62.7 Å². The molecule has 0 amide bonds. The van der Waals surface area contributed by atoms with Crippen molar-refractivity contribution in [3.63, 3.8) is 0 Å². The van der Waals surface area contributed by atoms with Crippen molar-refractivity contribution >= 4 is 61.1 Å². The van der Waals surface area contributed by atoms with Gasteiger partial charge in [-0.15, -0.1) is 11.3 Å². The molecule has 3 aromatic rings. The van der Waals surface area contributed by atoms with Gasteiger partial charge in [0.25, 0.3) is 0 Å². The number of thiazole rings is 1. The van der Waals surface area contributed by atoms with E-state index >= 15 is 0 Å². The van der Waals surface area contributed by atoms with Crippen LogP contribution in [0.5, 0.6) is 0 Å². The predicted molar refractivity (Wildman–Crippen MR) is 121 cm³/mol. The lowest BCUT2D eigenvalue weighted by molar-refractivity contribution is 0.529. The van der Waals surface area contributed by atoms with Gasteiger partial charge in [0.1, 0.15) is 5.82 Å². The Morgan fingerprint density at radius 1 is 1.00 bits per heavy atom. The molecule has 158 valence electrons. The fraction of sp³-hybridized carbons (Fsp3) is 0.250. The SMILES string of the molecule is O=S(=O)(c1ccc(F)c(Cl)c1)C1CCN(c2nc(-c3ccc(Cl)c(Cl)c3)cs2)CC1. The summed E-state index contributed by atoms with van der Waals surface area (Å²) < 4.78 is 39.2. The second-order valence-electron chi connectivity index (χ2n) is 6.95. The highest BCUT2D eigenvalue weighted by Crippen LogP contribution is 2.34. The van der Waals surface area contributed by atoms with Crippen LogP contribution >= 0.6 is 46.1 Å². The summed E-state index contributed by atoms with van der Waals surface area (Å²) in [6, 6.07) is 8.91. The van der Waals surface area contributed by atoms with Crippen LogP contribution < -0.4 is 4.90 Å². The Bertz CT molecular complexity index is 1190. The van der Waals surface area contributed by atoms with E-state index in [1.807, 2.05) is 11.4 Å². The molecule has 0 spiro atoms. The number of nitrogens with zero attached hydrogens (tertiary/aromatic N) is 2. The molecule has 0 aliphatic carbocycles. The fourth-order valence-corrected chi connectivity index (χ4v) is 6.59. The van der Waals surface area contributed by atoms with Crippen molar-refractivity contribution in [2.45, 2.75) is 23.0 Å². The monoisotopic (exact) mass is 504 g/mol. The number of piperidine rings is 1. The predicted octanol–water partition coefficient (Wildman–Crippen LogP) is 6.35. The molecule has 2 heterocycles. The molecule has 0 N–H and O–H groups in total. The largest absolute Gasteiger partial charge is 0.348 e. The van der Waals surface area contributed by atoms with Gasteiger partial charge in [-0.3, -0.25) is 0 Å². The van der Waals surface area contributed by atoms with Gasteiger partial charge in [0.2, 0.25) is 0 Å². The average molecular weight is 506 g/mol. The van der Waals surface area contributed by atoms with Crippen molar-refractivity contribution < 1.29 is 12.8 Å². The van der Waals surface area contributed by atoms with E-state index in [2.05, 4.69) is 9.88 Å². The number of sulfone groups is 1. The van der Waals surface area contributed by atoms with E-state index in [0.29, 0.717) is 36.0 Å². The van der Waals surface area contributed by atoms with Crippen molar-refractivity contribution in [1.82, 2.24) is 4.98 Å². The molecule has 1 aromatic heterocycles. The van der Waals surface area contributed by atoms with Gasteiger partial charge in [0.05, 0.1) is 30.9 Å². The summed E-state index contributed by atoms with van der Waals surface area (Å²) in [4.78, 5) is 6.81. The number of rotatable bonds is 4. The Kier molecular flexibility index (Phi) is 6.28. The van der Waals surface area contributed by atoms with Gasteiger partial charge < -0.3 is 4.90 Å². The van der Waals surface area contributed by atoms with Crippen LogP contribution in [0.2, 0.25) is 15.1 Å². The van der Waals surface area contributed by atoms with Crippen LogP contribution in [-0.2, 0) is 9.84 Å². The molecule has 0 radical (unpaired) electrons. The summed E-state index contributed by atoms with van der Waals surface area (Å²) in [5, 5.41) is 3.00. The first-order valence-electron chi connectivity index (χ1n) is 9.10. The van der Waals surface area contributed by atoms with E-state index in [1.54, 1.807) is 12.1 Å². The van der Waals surface area contributed by atoms with E-state index in [-0.39, 0.29) is 9.92 Å². The molecule has 4 rings (SSSR count). The topological polar surface area (TPSA) is 50.3 Å². The van der Waals surface area contributed by atoms with Gasteiger partial charge in [0, 0.05) is 24.0 Å². The maximum atomic E-state index is 13.4. The van der Waals surface area contributed by atoms with Crippen molar-refractivity contribution in [2.24, 2.45) is 0 Å². The third kappa shape index (κ3) is 4.32. The lowest BCUT2D eigenvalue weighted by atomic mass is 10.1. The highest BCUT2D eigenvalue weighted by atomic mass is 35.5. The van der Waals surface area contributed by atoms with Gasteiger partial charge in [-0.2, -0.15) is 0 Å². The molecule has 4 nitrogen and oxygen atoms in total. The molecule has 0 bridgehead atoms. The number of aromatic nitrogens is 1. The van der Waals surface area contributed by atoms with Crippen molar-refractivity contribution in [2.75, 3.05) is 18.0 Å².